The van der Waals surface area contributed by atoms with Gasteiger partial charge in [0.1, 0.15) is 17.8 Å². The summed E-state index contributed by atoms with van der Waals surface area (Å²) in [5.41, 5.74) is 5.77. The minimum Gasteiger partial charge on any atom is -0.507 e. The number of aromatic amines is 1. The summed E-state index contributed by atoms with van der Waals surface area (Å²) in [6, 6.07) is 12.2. The molecule has 2 aromatic carbocycles. The average Bonchev–Trinajstić information content (AvgIpc) is 3.96. The molecule has 0 spiro atoms. The highest BCUT2D eigenvalue weighted by atomic mass is 35.5. The summed E-state index contributed by atoms with van der Waals surface area (Å²) in [5.74, 6) is 2.78. The number of aliphatic hydroxyl groups is 2. The van der Waals surface area contributed by atoms with E-state index >= 15 is 0 Å². The van der Waals surface area contributed by atoms with E-state index in [2.05, 4.69) is 48.5 Å². The minimum absolute atomic E-state index is 0.0120. The van der Waals surface area contributed by atoms with Crippen LogP contribution in [0.15, 0.2) is 60.9 Å². The van der Waals surface area contributed by atoms with Gasteiger partial charge >= 0.3 is 6.03 Å². The summed E-state index contributed by atoms with van der Waals surface area (Å²) in [4.78, 5) is 63.1. The summed E-state index contributed by atoms with van der Waals surface area (Å²) in [5, 5.41) is 47.3. The van der Waals surface area contributed by atoms with Gasteiger partial charge in [-0.05, 0) is 105 Å². The third-order valence-corrected chi connectivity index (χ3v) is 15.5. The Labute approximate surface area is 413 Å². The maximum absolute atomic E-state index is 14.4. The smallest absolute Gasteiger partial charge is 0.318 e. The van der Waals surface area contributed by atoms with E-state index in [1.54, 1.807) is 35.2 Å². The van der Waals surface area contributed by atoms with Crippen LogP contribution in [-0.4, -0.2) is 143 Å². The number of likely N-dealkylation sites (tertiary alicyclic amines) is 3. The molecule has 0 aliphatic carbocycles. The molecule has 0 bridgehead atoms. The Morgan fingerprint density at radius 1 is 1.00 bits per heavy atom. The molecule has 4 amide bonds. The fourth-order valence-electron chi connectivity index (χ4n) is 10.9. The number of hydrogen-bond donors (Lipinski definition) is 6. The molecule has 4 aliphatic heterocycles. The largest absolute Gasteiger partial charge is 0.507 e. The highest BCUT2D eigenvalue weighted by Crippen LogP contribution is 2.39. The Bertz CT molecular complexity index is 2760. The number of rotatable bonds is 12. The van der Waals surface area contributed by atoms with Gasteiger partial charge in [0, 0.05) is 103 Å². The minimum atomic E-state index is -1.06. The lowest BCUT2D eigenvalue weighted by Gasteiger charge is -2.43. The van der Waals surface area contributed by atoms with Gasteiger partial charge in [-0.25, -0.2) is 14.8 Å². The first-order valence-electron chi connectivity index (χ1n) is 24.4. The van der Waals surface area contributed by atoms with Gasteiger partial charge in [-0.1, -0.05) is 49.6 Å². The molecule has 3 saturated heterocycles. The third-order valence-electron chi connectivity index (χ3n) is 15.1. The Morgan fingerprint density at radius 3 is 2.44 bits per heavy atom. The number of amides is 4. The molecule has 0 unspecified atom stereocenters. The Morgan fingerprint density at radius 2 is 1.74 bits per heavy atom. The molecule has 3 fully saturated rings. The zero-order valence-corrected chi connectivity index (χ0v) is 40.7. The van der Waals surface area contributed by atoms with Gasteiger partial charge in [-0.2, -0.15) is 0 Å². The van der Waals surface area contributed by atoms with Crippen molar-refractivity contribution in [2.24, 2.45) is 5.41 Å². The number of nitrogens with one attached hydrogen (secondary N) is 3. The van der Waals surface area contributed by atoms with Crippen molar-refractivity contribution in [1.29, 1.82) is 0 Å². The number of phenolic OH excluding ortho intramolecular Hbond substituents is 1. The first kappa shape index (κ1) is 48.7. The van der Waals surface area contributed by atoms with E-state index in [1.165, 1.54) is 4.90 Å². The van der Waals surface area contributed by atoms with E-state index in [0.29, 0.717) is 58.4 Å². The number of aromatic nitrogens is 5. The van der Waals surface area contributed by atoms with E-state index < -0.39 is 35.4 Å². The summed E-state index contributed by atoms with van der Waals surface area (Å²) in [6.07, 6.45) is 13.1. The van der Waals surface area contributed by atoms with Gasteiger partial charge in [0.05, 0.1) is 17.8 Å². The average molecular weight is 973 g/mol. The number of terminal acetylenes is 1. The van der Waals surface area contributed by atoms with E-state index in [4.69, 9.17) is 28.0 Å². The van der Waals surface area contributed by atoms with E-state index in [0.717, 1.165) is 79.6 Å². The van der Waals surface area contributed by atoms with Gasteiger partial charge in [0.2, 0.25) is 17.8 Å². The molecule has 7 heterocycles. The van der Waals surface area contributed by atoms with Crippen molar-refractivity contribution in [3.05, 3.63) is 93.9 Å². The zero-order valence-electron chi connectivity index (χ0n) is 39.9. The van der Waals surface area contributed by atoms with Crippen LogP contribution >= 0.6 is 11.6 Å². The van der Waals surface area contributed by atoms with Crippen LogP contribution in [0.3, 0.4) is 0 Å². The Kier molecular flexibility index (Phi) is 14.3. The highest BCUT2D eigenvalue weighted by molar-refractivity contribution is 6.31. The Hall–Kier alpha value is -6.32. The van der Waals surface area contributed by atoms with Crippen LogP contribution in [0.1, 0.15) is 99.2 Å². The number of carbonyl (C=O) groups excluding carboxylic acids is 3. The molecular formula is C52H62ClN11O6. The van der Waals surface area contributed by atoms with Crippen LogP contribution < -0.4 is 15.5 Å². The molecule has 0 saturated carbocycles. The van der Waals surface area contributed by atoms with Crippen molar-refractivity contribution in [3.63, 3.8) is 0 Å². The quantitative estimate of drug-likeness (QED) is 0.0881. The number of para-hydroxylation sites is 1. The number of hydrogen-bond acceptors (Lipinski definition) is 12. The van der Waals surface area contributed by atoms with Gasteiger partial charge < -0.3 is 50.5 Å². The zero-order chi connectivity index (χ0) is 49.3. The van der Waals surface area contributed by atoms with Crippen molar-refractivity contribution in [3.8, 4) is 29.4 Å². The highest BCUT2D eigenvalue weighted by Gasteiger charge is 2.46. The number of β-amino-alcohol motifs (C(OH)–C–C–N with tert-alkyl or cyclic N) is 1. The number of H-pyrrole nitrogens is 1. The maximum atomic E-state index is 14.4. The molecule has 3 aromatic heterocycles. The number of fused-ring (bicyclic) bond motifs is 3. The molecule has 18 heteroatoms. The van der Waals surface area contributed by atoms with Crippen molar-refractivity contribution >= 4 is 46.4 Å². The first-order valence-corrected chi connectivity index (χ1v) is 24.8. The normalized spacial score (nSPS) is 20.8. The van der Waals surface area contributed by atoms with Crippen LogP contribution in [0.2, 0.25) is 5.02 Å². The number of phenols is 1. The molecule has 6 N–H and O–H groups in total. The maximum Gasteiger partial charge on any atom is 0.318 e. The number of carbonyl (C=O) groups is 3. The van der Waals surface area contributed by atoms with Crippen molar-refractivity contribution in [2.45, 2.75) is 108 Å². The van der Waals surface area contributed by atoms with Crippen LogP contribution in [0.25, 0.3) is 22.3 Å². The van der Waals surface area contributed by atoms with Crippen LogP contribution in [-0.2, 0) is 22.6 Å². The van der Waals surface area contributed by atoms with Crippen LogP contribution in [0.4, 0.5) is 10.7 Å². The summed E-state index contributed by atoms with van der Waals surface area (Å²) in [7, 11) is 0. The molecule has 5 aromatic rings. The number of nitrogens with zero attached hydrogens (tertiary/aromatic N) is 8. The number of halogens is 1. The number of aliphatic hydroxyl groups excluding tert-OH is 2. The predicted octanol–water partition coefficient (Wildman–Crippen LogP) is 5.29. The molecule has 9 rings (SSSR count). The summed E-state index contributed by atoms with van der Waals surface area (Å²) in [6.45, 7) is 9.26. The van der Waals surface area contributed by atoms with E-state index in [1.807, 2.05) is 44.4 Å². The van der Waals surface area contributed by atoms with Crippen molar-refractivity contribution in [2.75, 3.05) is 50.8 Å². The molecular weight excluding hydrogens is 910 g/mol. The summed E-state index contributed by atoms with van der Waals surface area (Å²) < 4.78 is 0. The van der Waals surface area contributed by atoms with Crippen LogP contribution in [0.5, 0.6) is 5.75 Å². The van der Waals surface area contributed by atoms with E-state index in [-0.39, 0.29) is 50.4 Å². The third kappa shape index (κ3) is 10.0. The standard InChI is InChI=1S/C52H62ClN11O6/c1-5-32-10-11-34(40(53)24-32)27-54-48(68)43-25-37(66)30-64(43)49(69)46(52(3,4)17-23-65)58-51(70)62-20-14-36(15-21-62)61-18-12-33(13-19-61)35-28-55-50(56-29-35)63-22-16-41-45(31(63)2)39-26-42(59-60-47(39)57-41)38-8-6-7-9-44(38)67/h1,6-11,24,26,28-29,31,33,36-37,43,46,65-67H,12-23,25,27,30H2,2-4H3,(H,54,68)(H,57,60)(H,58,70)/t31-,37-,43+,46-/m1/s1. The van der Waals surface area contributed by atoms with Gasteiger partial charge in [0.25, 0.3) is 0 Å². The SMILES string of the molecule is C#Cc1ccc(CNC(=O)[C@@H]2C[C@@H](O)CN2C(=O)[C@@H](NC(=O)N2CCC(N3CCC(c4cnc(N5CCc6[nH]c7nnc(-c8ccccc8O)cc7c6[C@H]5C)nc4)CC3)CC2)C(C)(C)CCO)c(Cl)c1. The molecule has 70 heavy (non-hydrogen) atoms. The molecule has 17 nitrogen and oxygen atoms in total. The number of aromatic hydroxyl groups is 1. The van der Waals surface area contributed by atoms with Crippen LogP contribution in [0, 0.1) is 17.8 Å². The second kappa shape index (κ2) is 20.6. The molecule has 368 valence electrons. The summed E-state index contributed by atoms with van der Waals surface area (Å²) >= 11 is 6.39. The number of piperidine rings is 2. The second-order valence-corrected chi connectivity index (χ2v) is 20.3. The molecule has 4 aliphatic rings. The monoisotopic (exact) mass is 971 g/mol. The van der Waals surface area contributed by atoms with Crippen molar-refractivity contribution < 1.29 is 29.7 Å². The van der Waals surface area contributed by atoms with Gasteiger partial charge in [-0.15, -0.1) is 16.6 Å². The lowest BCUT2D eigenvalue weighted by Crippen LogP contribution is -2.61. The fourth-order valence-corrected chi connectivity index (χ4v) is 11.2. The fraction of sp³-hybridized carbons (Fsp3) is 0.481. The topological polar surface area (TPSA) is 216 Å². The molecule has 0 radical (unpaired) electrons. The second-order valence-electron chi connectivity index (χ2n) is 19.9. The lowest BCUT2D eigenvalue weighted by atomic mass is 9.80. The number of urea groups is 1. The van der Waals surface area contributed by atoms with Gasteiger partial charge in [-0.3, -0.25) is 9.59 Å². The molecule has 4 atom stereocenters. The van der Waals surface area contributed by atoms with E-state index in [9.17, 15) is 29.7 Å². The number of benzene rings is 2. The Balaban J connectivity index is 0.774. The number of anilines is 1. The first-order chi connectivity index (χ1) is 33.7. The lowest BCUT2D eigenvalue weighted by molar-refractivity contribution is -0.142. The van der Waals surface area contributed by atoms with Crippen molar-refractivity contribution in [1.82, 2.24) is 50.5 Å². The van der Waals surface area contributed by atoms with Gasteiger partial charge in [0.15, 0.2) is 5.65 Å². The predicted molar refractivity (Wildman–Crippen MR) is 266 cm³/mol.